The van der Waals surface area contributed by atoms with Gasteiger partial charge in [-0.2, -0.15) is 0 Å². The summed E-state index contributed by atoms with van der Waals surface area (Å²) in [6, 6.07) is 5.40. The van der Waals surface area contributed by atoms with Crippen molar-refractivity contribution in [3.05, 3.63) is 36.0 Å². The number of aromatic nitrogens is 1. The number of aromatic amines is 1. The minimum Gasteiger partial charge on any atom is -0.480 e. The predicted octanol–water partition coefficient (Wildman–Crippen LogP) is 2.30. The van der Waals surface area contributed by atoms with Gasteiger partial charge in [0.25, 0.3) is 0 Å². The first kappa shape index (κ1) is 20.3. The van der Waals surface area contributed by atoms with Crippen LogP contribution in [0, 0.1) is 5.92 Å². The first-order valence-electron chi connectivity index (χ1n) is 8.74. The van der Waals surface area contributed by atoms with Crippen LogP contribution in [0.5, 0.6) is 0 Å². The fourth-order valence-corrected chi connectivity index (χ4v) is 3.01. The second-order valence-electron chi connectivity index (χ2n) is 7.00. The van der Waals surface area contributed by atoms with Crippen molar-refractivity contribution in [2.45, 2.75) is 38.8 Å². The lowest BCUT2D eigenvalue weighted by Gasteiger charge is -2.27. The van der Waals surface area contributed by atoms with Crippen molar-refractivity contribution in [3.63, 3.8) is 0 Å². The minimum absolute atomic E-state index is 0.0654. The highest BCUT2D eigenvalue weighted by Crippen LogP contribution is 2.20. The molecule has 0 saturated carbocycles. The number of hydrogen-bond acceptors (Lipinski definition) is 3. The van der Waals surface area contributed by atoms with Crippen LogP contribution in [0.4, 0.5) is 4.79 Å². The van der Waals surface area contributed by atoms with Crippen LogP contribution >= 0.6 is 0 Å². The molecule has 8 heteroatoms. The lowest BCUT2D eigenvalue weighted by atomic mass is 10.0. The Labute approximate surface area is 157 Å². The molecule has 0 aliphatic rings. The lowest BCUT2D eigenvalue weighted by Crippen LogP contribution is -2.53. The number of carbonyl (C=O) groups excluding carboxylic acids is 1. The van der Waals surface area contributed by atoms with Crippen LogP contribution in [-0.4, -0.2) is 57.2 Å². The zero-order valence-corrected chi connectivity index (χ0v) is 15.6. The summed E-state index contributed by atoms with van der Waals surface area (Å²) in [5, 5.41) is 22.1. The largest absolute Gasteiger partial charge is 0.480 e. The summed E-state index contributed by atoms with van der Waals surface area (Å²) < 4.78 is 0. The van der Waals surface area contributed by atoms with Crippen molar-refractivity contribution in [2.24, 2.45) is 5.92 Å². The van der Waals surface area contributed by atoms with Crippen LogP contribution in [0.2, 0.25) is 0 Å². The topological polar surface area (TPSA) is 123 Å². The van der Waals surface area contributed by atoms with Crippen molar-refractivity contribution >= 4 is 28.9 Å². The van der Waals surface area contributed by atoms with Crippen LogP contribution in [0.1, 0.15) is 25.8 Å². The molecule has 1 aromatic heterocycles. The maximum absolute atomic E-state index is 12.8. The molecule has 0 spiro atoms. The Balaban J connectivity index is 2.27. The number of rotatable bonds is 8. The highest BCUT2D eigenvalue weighted by molar-refractivity contribution is 5.90. The summed E-state index contributed by atoms with van der Waals surface area (Å²) >= 11 is 0. The van der Waals surface area contributed by atoms with Gasteiger partial charge in [0.2, 0.25) is 5.91 Å². The molecule has 0 radical (unpaired) electrons. The third-order valence-corrected chi connectivity index (χ3v) is 4.48. The molecule has 0 aliphatic carbocycles. The van der Waals surface area contributed by atoms with E-state index in [1.807, 2.05) is 38.1 Å². The number of likely N-dealkylation sites (N-methyl/N-ethyl adjacent to an activating group) is 1. The smallest absolute Gasteiger partial charge is 0.407 e. The number of para-hydroxylation sites is 1. The van der Waals surface area contributed by atoms with Crippen LogP contribution in [0.3, 0.4) is 0 Å². The van der Waals surface area contributed by atoms with E-state index in [-0.39, 0.29) is 18.8 Å². The highest BCUT2D eigenvalue weighted by Gasteiger charge is 2.31. The number of amides is 2. The molecule has 4 N–H and O–H groups in total. The lowest BCUT2D eigenvalue weighted by molar-refractivity contribution is -0.143. The number of fused-ring (bicyclic) bond motifs is 1. The summed E-state index contributed by atoms with van der Waals surface area (Å²) in [6.07, 6.45) is 0.874. The number of hydrogen-bond donors (Lipinski definition) is 4. The number of aliphatic carboxylic acids is 1. The monoisotopic (exact) mass is 375 g/mol. The molecule has 2 aromatic rings. The Morgan fingerprint density at radius 3 is 2.44 bits per heavy atom. The first-order valence-corrected chi connectivity index (χ1v) is 8.74. The van der Waals surface area contributed by atoms with E-state index >= 15 is 0 Å². The van der Waals surface area contributed by atoms with E-state index in [4.69, 9.17) is 0 Å². The molecule has 27 heavy (non-hydrogen) atoms. The Bertz CT molecular complexity index is 830. The van der Waals surface area contributed by atoms with E-state index in [1.165, 1.54) is 7.05 Å². The molecule has 0 aliphatic heterocycles. The van der Waals surface area contributed by atoms with E-state index in [0.29, 0.717) is 0 Å². The van der Waals surface area contributed by atoms with Crippen LogP contribution in [0.25, 0.3) is 10.9 Å². The van der Waals surface area contributed by atoms with E-state index in [2.05, 4.69) is 10.3 Å². The maximum atomic E-state index is 12.8. The Hall–Kier alpha value is -3.03. The van der Waals surface area contributed by atoms with Crippen LogP contribution < -0.4 is 5.32 Å². The van der Waals surface area contributed by atoms with Crippen LogP contribution in [-0.2, 0) is 16.0 Å². The molecule has 0 fully saturated rings. The zero-order chi connectivity index (χ0) is 20.1. The Kier molecular flexibility index (Phi) is 6.44. The Morgan fingerprint density at radius 1 is 1.19 bits per heavy atom. The molecule has 0 unspecified atom stereocenters. The number of carbonyl (C=O) groups is 3. The highest BCUT2D eigenvalue weighted by atomic mass is 16.4. The van der Waals surface area contributed by atoms with E-state index in [0.717, 1.165) is 21.4 Å². The maximum Gasteiger partial charge on any atom is 0.407 e. The SMILES string of the molecule is CC(C)C[C@H](NC(=O)[C@H](Cc1c[nH]c2ccccc12)N(C)C(=O)O)C(=O)O. The van der Waals surface area contributed by atoms with Crippen LogP contribution in [0.15, 0.2) is 30.5 Å². The third-order valence-electron chi connectivity index (χ3n) is 4.48. The predicted molar refractivity (Wildman–Crippen MR) is 101 cm³/mol. The van der Waals surface area contributed by atoms with Gasteiger partial charge in [0.15, 0.2) is 0 Å². The van der Waals surface area contributed by atoms with E-state index < -0.39 is 30.1 Å². The molecule has 1 aromatic carbocycles. The van der Waals surface area contributed by atoms with Gasteiger partial charge in [-0.3, -0.25) is 9.69 Å². The summed E-state index contributed by atoms with van der Waals surface area (Å²) in [4.78, 5) is 39.7. The van der Waals surface area contributed by atoms with Gasteiger partial charge in [0.1, 0.15) is 12.1 Å². The standard InChI is InChI=1S/C19H25N3O5/c1-11(2)8-15(18(24)25)21-17(23)16(22(3)19(26)27)9-12-10-20-14-7-5-4-6-13(12)14/h4-7,10-11,15-16,20H,8-9H2,1-3H3,(H,21,23)(H,24,25)(H,26,27)/t15-,16-/m0/s1. The first-order chi connectivity index (χ1) is 12.7. The summed E-state index contributed by atoms with van der Waals surface area (Å²) in [5.74, 6) is -1.70. The third kappa shape index (κ3) is 4.99. The fraction of sp³-hybridized carbons (Fsp3) is 0.421. The molecule has 0 saturated heterocycles. The average molecular weight is 375 g/mol. The molecule has 1 heterocycles. The molecule has 2 atom stereocenters. The van der Waals surface area contributed by atoms with Crippen molar-refractivity contribution in [3.8, 4) is 0 Å². The molecule has 2 rings (SSSR count). The number of carboxylic acids is 1. The van der Waals surface area contributed by atoms with Gasteiger partial charge in [-0.15, -0.1) is 0 Å². The summed E-state index contributed by atoms with van der Waals surface area (Å²) in [6.45, 7) is 3.71. The van der Waals surface area contributed by atoms with Crippen molar-refractivity contribution in [1.82, 2.24) is 15.2 Å². The van der Waals surface area contributed by atoms with Gasteiger partial charge < -0.3 is 20.5 Å². The van der Waals surface area contributed by atoms with Crippen molar-refractivity contribution < 1.29 is 24.6 Å². The van der Waals surface area contributed by atoms with E-state index in [9.17, 15) is 24.6 Å². The molecular formula is C19H25N3O5. The second-order valence-corrected chi connectivity index (χ2v) is 7.00. The minimum atomic E-state index is -1.26. The number of nitrogens with one attached hydrogen (secondary N) is 2. The number of benzene rings is 1. The Morgan fingerprint density at radius 2 is 1.85 bits per heavy atom. The van der Waals surface area contributed by atoms with Gasteiger partial charge in [0, 0.05) is 30.6 Å². The van der Waals surface area contributed by atoms with E-state index in [1.54, 1.807) is 6.20 Å². The zero-order valence-electron chi connectivity index (χ0n) is 15.6. The normalized spacial score (nSPS) is 13.3. The molecule has 0 bridgehead atoms. The number of nitrogens with zero attached hydrogens (tertiary/aromatic N) is 1. The fourth-order valence-electron chi connectivity index (χ4n) is 3.01. The van der Waals surface area contributed by atoms with Gasteiger partial charge >= 0.3 is 12.1 Å². The number of carboxylic acid groups (broad SMARTS) is 2. The molecule has 2 amide bonds. The van der Waals surface area contributed by atoms with Gasteiger partial charge in [0.05, 0.1) is 0 Å². The number of H-pyrrole nitrogens is 1. The molecule has 8 nitrogen and oxygen atoms in total. The second kappa shape index (κ2) is 8.57. The quantitative estimate of drug-likeness (QED) is 0.564. The van der Waals surface area contributed by atoms with Gasteiger partial charge in [-0.05, 0) is 24.0 Å². The van der Waals surface area contributed by atoms with Gasteiger partial charge in [-0.1, -0.05) is 32.0 Å². The average Bonchev–Trinajstić information content (AvgIpc) is 3.00. The molecule has 146 valence electrons. The summed E-state index contributed by atoms with van der Waals surface area (Å²) in [5.41, 5.74) is 1.67. The molecular weight excluding hydrogens is 350 g/mol. The van der Waals surface area contributed by atoms with Gasteiger partial charge in [-0.25, -0.2) is 9.59 Å². The summed E-state index contributed by atoms with van der Waals surface area (Å²) in [7, 11) is 1.31. The van der Waals surface area contributed by atoms with Crippen molar-refractivity contribution in [2.75, 3.05) is 7.05 Å². The van der Waals surface area contributed by atoms with Crippen molar-refractivity contribution in [1.29, 1.82) is 0 Å².